The Kier molecular flexibility index (Phi) is 4.27. The molecule has 1 heterocycles. The fourth-order valence-corrected chi connectivity index (χ4v) is 2.04. The van der Waals surface area contributed by atoms with Crippen molar-refractivity contribution < 1.29 is 0 Å². The van der Waals surface area contributed by atoms with E-state index in [2.05, 4.69) is 41.5 Å². The Labute approximate surface area is 107 Å². The van der Waals surface area contributed by atoms with E-state index in [1.165, 1.54) is 5.56 Å². The van der Waals surface area contributed by atoms with Gasteiger partial charge in [0.15, 0.2) is 0 Å². The van der Waals surface area contributed by atoms with E-state index >= 15 is 0 Å². The lowest BCUT2D eigenvalue weighted by Crippen LogP contribution is -2.27. The van der Waals surface area contributed by atoms with Crippen molar-refractivity contribution in [1.82, 2.24) is 10.3 Å². The standard InChI is InChI=1S/C15H17N3/c1-2-14(8-9-16)18-11-13-6-3-5-12-7-4-10-17-15(12)13/h3-7,10,14,18H,2,8,11H2,1H3. The predicted molar refractivity (Wildman–Crippen MR) is 72.9 cm³/mol. The van der Waals surface area contributed by atoms with Gasteiger partial charge < -0.3 is 5.32 Å². The summed E-state index contributed by atoms with van der Waals surface area (Å²) in [6.07, 6.45) is 3.33. The molecule has 0 saturated heterocycles. The third kappa shape index (κ3) is 2.85. The molecule has 0 amide bonds. The molecule has 2 rings (SSSR count). The molecule has 18 heavy (non-hydrogen) atoms. The van der Waals surface area contributed by atoms with Crippen LogP contribution in [-0.4, -0.2) is 11.0 Å². The lowest BCUT2D eigenvalue weighted by molar-refractivity contribution is 0.506. The van der Waals surface area contributed by atoms with Crippen molar-refractivity contribution in [2.75, 3.05) is 0 Å². The molecule has 1 aromatic heterocycles. The fraction of sp³-hybridized carbons (Fsp3) is 0.333. The molecule has 1 atom stereocenters. The summed E-state index contributed by atoms with van der Waals surface area (Å²) in [5, 5.41) is 13.3. The molecule has 1 unspecified atom stereocenters. The molecule has 2 aromatic rings. The van der Waals surface area contributed by atoms with Crippen LogP contribution in [0.2, 0.25) is 0 Å². The van der Waals surface area contributed by atoms with Crippen molar-refractivity contribution in [3.8, 4) is 6.07 Å². The molecule has 0 fully saturated rings. The van der Waals surface area contributed by atoms with Gasteiger partial charge in [-0.1, -0.05) is 31.2 Å². The maximum atomic E-state index is 8.73. The quantitative estimate of drug-likeness (QED) is 0.872. The second-order valence-corrected chi connectivity index (χ2v) is 4.34. The number of benzene rings is 1. The van der Waals surface area contributed by atoms with Gasteiger partial charge in [0.25, 0.3) is 0 Å². The van der Waals surface area contributed by atoms with Gasteiger partial charge in [-0.2, -0.15) is 5.26 Å². The molecule has 0 aliphatic heterocycles. The molecule has 0 radical (unpaired) electrons. The lowest BCUT2D eigenvalue weighted by atomic mass is 10.1. The van der Waals surface area contributed by atoms with Crippen LogP contribution in [0.4, 0.5) is 0 Å². The van der Waals surface area contributed by atoms with E-state index in [4.69, 9.17) is 5.26 Å². The maximum absolute atomic E-state index is 8.73. The van der Waals surface area contributed by atoms with Gasteiger partial charge in [-0.3, -0.25) is 4.98 Å². The number of pyridine rings is 1. The number of nitrogens with zero attached hydrogens (tertiary/aromatic N) is 2. The second-order valence-electron chi connectivity index (χ2n) is 4.34. The molecular weight excluding hydrogens is 222 g/mol. The van der Waals surface area contributed by atoms with Crippen molar-refractivity contribution in [2.24, 2.45) is 0 Å². The third-order valence-corrected chi connectivity index (χ3v) is 3.13. The smallest absolute Gasteiger partial charge is 0.0746 e. The zero-order valence-electron chi connectivity index (χ0n) is 10.6. The number of nitrogens with one attached hydrogen (secondary N) is 1. The van der Waals surface area contributed by atoms with Crippen LogP contribution >= 0.6 is 0 Å². The van der Waals surface area contributed by atoms with Crippen LogP contribution in [0.5, 0.6) is 0 Å². The minimum atomic E-state index is 0.258. The molecule has 0 aliphatic rings. The molecule has 0 bridgehead atoms. The van der Waals surface area contributed by atoms with Crippen LogP contribution in [-0.2, 0) is 6.54 Å². The lowest BCUT2D eigenvalue weighted by Gasteiger charge is -2.14. The zero-order valence-corrected chi connectivity index (χ0v) is 10.6. The van der Waals surface area contributed by atoms with Crippen LogP contribution in [0.25, 0.3) is 10.9 Å². The van der Waals surface area contributed by atoms with Gasteiger partial charge in [0.1, 0.15) is 0 Å². The molecule has 3 nitrogen and oxygen atoms in total. The molecule has 0 aliphatic carbocycles. The monoisotopic (exact) mass is 239 g/mol. The Morgan fingerprint density at radius 1 is 1.33 bits per heavy atom. The van der Waals surface area contributed by atoms with Crippen LogP contribution in [0, 0.1) is 11.3 Å². The first kappa shape index (κ1) is 12.5. The summed E-state index contributed by atoms with van der Waals surface area (Å²) in [6.45, 7) is 2.85. The van der Waals surface area contributed by atoms with Crippen LogP contribution in [0.1, 0.15) is 25.3 Å². The van der Waals surface area contributed by atoms with Crippen molar-refractivity contribution in [2.45, 2.75) is 32.4 Å². The summed E-state index contributed by atoms with van der Waals surface area (Å²) in [7, 11) is 0. The highest BCUT2D eigenvalue weighted by atomic mass is 14.9. The average molecular weight is 239 g/mol. The molecule has 3 heteroatoms. The molecule has 0 saturated carbocycles. The number of fused-ring (bicyclic) bond motifs is 1. The van der Waals surface area contributed by atoms with Gasteiger partial charge in [-0.05, 0) is 18.1 Å². The number of hydrogen-bond donors (Lipinski definition) is 1. The van der Waals surface area contributed by atoms with Crippen LogP contribution in [0.15, 0.2) is 36.5 Å². The van der Waals surface area contributed by atoms with E-state index in [1.807, 2.05) is 18.3 Å². The highest BCUT2D eigenvalue weighted by Gasteiger charge is 2.06. The number of hydrogen-bond acceptors (Lipinski definition) is 3. The zero-order chi connectivity index (χ0) is 12.8. The summed E-state index contributed by atoms with van der Waals surface area (Å²) < 4.78 is 0. The normalized spacial score (nSPS) is 12.2. The van der Waals surface area contributed by atoms with Gasteiger partial charge in [0, 0.05) is 24.2 Å². The Bertz CT molecular complexity index is 552. The number of aromatic nitrogens is 1. The Hall–Kier alpha value is -1.92. The first-order chi connectivity index (χ1) is 8.85. The summed E-state index contributed by atoms with van der Waals surface area (Å²) in [6, 6.07) is 12.7. The van der Waals surface area contributed by atoms with Gasteiger partial charge in [-0.25, -0.2) is 0 Å². The van der Waals surface area contributed by atoms with Gasteiger partial charge in [0.2, 0.25) is 0 Å². The summed E-state index contributed by atoms with van der Waals surface area (Å²) in [5.74, 6) is 0. The first-order valence-electron chi connectivity index (χ1n) is 6.28. The highest BCUT2D eigenvalue weighted by molar-refractivity contribution is 5.81. The predicted octanol–water partition coefficient (Wildman–Crippen LogP) is 3.02. The van der Waals surface area contributed by atoms with E-state index in [0.717, 1.165) is 23.9 Å². The molecular formula is C15H17N3. The van der Waals surface area contributed by atoms with Gasteiger partial charge >= 0.3 is 0 Å². The van der Waals surface area contributed by atoms with Gasteiger partial charge in [0.05, 0.1) is 18.0 Å². The second kappa shape index (κ2) is 6.13. The molecule has 0 spiro atoms. The van der Waals surface area contributed by atoms with E-state index in [-0.39, 0.29) is 6.04 Å². The fourth-order valence-electron chi connectivity index (χ4n) is 2.04. The van der Waals surface area contributed by atoms with E-state index in [9.17, 15) is 0 Å². The largest absolute Gasteiger partial charge is 0.309 e. The summed E-state index contributed by atoms with van der Waals surface area (Å²) >= 11 is 0. The highest BCUT2D eigenvalue weighted by Crippen LogP contribution is 2.16. The number of para-hydroxylation sites is 1. The third-order valence-electron chi connectivity index (χ3n) is 3.13. The van der Waals surface area contributed by atoms with Crippen molar-refractivity contribution in [3.63, 3.8) is 0 Å². The van der Waals surface area contributed by atoms with Gasteiger partial charge in [-0.15, -0.1) is 0 Å². The minimum Gasteiger partial charge on any atom is -0.309 e. The minimum absolute atomic E-state index is 0.258. The summed E-state index contributed by atoms with van der Waals surface area (Å²) in [4.78, 5) is 4.43. The topological polar surface area (TPSA) is 48.7 Å². The van der Waals surface area contributed by atoms with E-state index < -0.39 is 0 Å². The molecule has 1 N–H and O–H groups in total. The Morgan fingerprint density at radius 2 is 2.17 bits per heavy atom. The van der Waals surface area contributed by atoms with Crippen molar-refractivity contribution in [1.29, 1.82) is 5.26 Å². The van der Waals surface area contributed by atoms with E-state index in [0.29, 0.717) is 6.42 Å². The number of nitriles is 1. The van der Waals surface area contributed by atoms with Crippen molar-refractivity contribution >= 4 is 10.9 Å². The molecule has 1 aromatic carbocycles. The Balaban J connectivity index is 2.14. The summed E-state index contributed by atoms with van der Waals surface area (Å²) in [5.41, 5.74) is 2.23. The average Bonchev–Trinajstić information content (AvgIpc) is 2.43. The first-order valence-corrected chi connectivity index (χ1v) is 6.28. The van der Waals surface area contributed by atoms with Crippen molar-refractivity contribution in [3.05, 3.63) is 42.1 Å². The maximum Gasteiger partial charge on any atom is 0.0746 e. The van der Waals surface area contributed by atoms with E-state index in [1.54, 1.807) is 0 Å². The van der Waals surface area contributed by atoms with Crippen LogP contribution < -0.4 is 5.32 Å². The molecule has 92 valence electrons. The Morgan fingerprint density at radius 3 is 2.94 bits per heavy atom. The SMILES string of the molecule is CCC(CC#N)NCc1cccc2cccnc12. The van der Waals surface area contributed by atoms with Crippen LogP contribution in [0.3, 0.4) is 0 Å². The number of rotatable bonds is 5.